The number of hydrogen-bond acceptors (Lipinski definition) is 15. The first-order valence-electron chi connectivity index (χ1n) is 20.3. The number of allylic oxidation sites excluding steroid dienone is 4. The largest absolute Gasteiger partial charge is 0.480 e. The van der Waals surface area contributed by atoms with Gasteiger partial charge in [-0.1, -0.05) is 38.2 Å². The van der Waals surface area contributed by atoms with E-state index in [-0.39, 0.29) is 91.9 Å². The molecule has 2 aliphatic heterocycles. The third kappa shape index (κ3) is 14.7. The lowest BCUT2D eigenvalue weighted by molar-refractivity contribution is -0.139. The fourth-order valence-electron chi connectivity index (χ4n) is 7.10. The number of methoxy groups -OCH3 is 2. The molecule has 5 amide bonds. The number of aliphatic hydroxyl groups excluding tert-OH is 1. The van der Waals surface area contributed by atoms with E-state index in [0.29, 0.717) is 12.0 Å². The Morgan fingerprint density at radius 3 is 2.40 bits per heavy atom. The van der Waals surface area contributed by atoms with Crippen LogP contribution < -0.4 is 27.4 Å². The van der Waals surface area contributed by atoms with Gasteiger partial charge in [0.05, 0.1) is 28.9 Å². The van der Waals surface area contributed by atoms with Gasteiger partial charge in [0.15, 0.2) is 6.10 Å². The van der Waals surface area contributed by atoms with Crippen molar-refractivity contribution in [3.05, 3.63) is 58.5 Å². The molecule has 3 aliphatic rings. The van der Waals surface area contributed by atoms with E-state index in [1.165, 1.54) is 33.3 Å². The summed E-state index contributed by atoms with van der Waals surface area (Å²) in [5.74, 6) is -4.99. The summed E-state index contributed by atoms with van der Waals surface area (Å²) in [6, 6.07) is -1.16. The second-order valence-electron chi connectivity index (χ2n) is 15.5. The summed E-state index contributed by atoms with van der Waals surface area (Å²) in [5, 5.41) is 28.0. The number of fused-ring (bicyclic) bond motifs is 2. The summed E-state index contributed by atoms with van der Waals surface area (Å²) in [5.41, 5.74) is 11.6. The molecule has 0 saturated carbocycles. The van der Waals surface area contributed by atoms with Gasteiger partial charge in [-0.3, -0.25) is 38.5 Å². The van der Waals surface area contributed by atoms with E-state index in [1.54, 1.807) is 26.0 Å². The van der Waals surface area contributed by atoms with Crippen molar-refractivity contribution < 1.29 is 62.8 Å². The van der Waals surface area contributed by atoms with E-state index in [0.717, 1.165) is 22.7 Å². The Morgan fingerprint density at radius 2 is 1.76 bits per heavy atom. The van der Waals surface area contributed by atoms with Gasteiger partial charge in [0, 0.05) is 75.6 Å². The number of carboxylic acids is 1. The van der Waals surface area contributed by atoms with Gasteiger partial charge in [0.25, 0.3) is 5.91 Å². The smallest absolute Gasteiger partial charge is 0.405 e. The predicted octanol–water partition coefficient (Wildman–Crippen LogP) is 0.911. The summed E-state index contributed by atoms with van der Waals surface area (Å²) in [6.45, 7) is 7.24. The van der Waals surface area contributed by atoms with Crippen LogP contribution in [-0.2, 0) is 47.8 Å². The van der Waals surface area contributed by atoms with Gasteiger partial charge in [-0.25, -0.2) is 4.79 Å². The summed E-state index contributed by atoms with van der Waals surface area (Å²) < 4.78 is 16.7. The molecule has 2 heterocycles. The Bertz CT molecular complexity index is 1880. The Hall–Kier alpha value is -5.15. The first-order valence-corrected chi connectivity index (χ1v) is 21.4. The van der Waals surface area contributed by atoms with Gasteiger partial charge >= 0.3 is 12.1 Å². The number of likely N-dealkylation sites (tertiary alicyclic amines) is 1. The lowest BCUT2D eigenvalue weighted by Crippen LogP contribution is -2.38. The summed E-state index contributed by atoms with van der Waals surface area (Å²) in [4.78, 5) is 102. The van der Waals surface area contributed by atoms with Gasteiger partial charge in [0.2, 0.25) is 29.3 Å². The van der Waals surface area contributed by atoms with Crippen LogP contribution >= 0.6 is 11.8 Å². The average Bonchev–Trinajstić information content (AvgIpc) is 3.48. The third-order valence-corrected chi connectivity index (χ3v) is 11.9. The molecule has 1 fully saturated rings. The molecule has 0 aromatic carbocycles. The number of primary amides is 1. The molecule has 0 spiro atoms. The Labute approximate surface area is 365 Å². The molecule has 0 radical (unpaired) electrons. The number of aliphatic hydroxyl groups is 1. The molecule has 8 atom stereocenters. The number of carbonyl (C=O) groups is 8. The molecule has 342 valence electrons. The molecule has 1 aliphatic carbocycles. The van der Waals surface area contributed by atoms with Gasteiger partial charge < -0.3 is 51.8 Å². The number of imide groups is 1. The normalized spacial score (nSPS) is 28.3. The van der Waals surface area contributed by atoms with Crippen LogP contribution in [-0.4, -0.2) is 138 Å². The van der Waals surface area contributed by atoms with Crippen molar-refractivity contribution in [1.29, 1.82) is 0 Å². The number of thioether (sulfide) groups is 1. The van der Waals surface area contributed by atoms with Gasteiger partial charge in [-0.15, -0.1) is 11.8 Å². The highest BCUT2D eigenvalue weighted by atomic mass is 32.2. The van der Waals surface area contributed by atoms with Crippen LogP contribution in [0.3, 0.4) is 0 Å². The number of rotatable bonds is 16. The van der Waals surface area contributed by atoms with Crippen LogP contribution in [0.2, 0.25) is 0 Å². The second kappa shape index (κ2) is 24.5. The van der Waals surface area contributed by atoms with Crippen LogP contribution in [0, 0.1) is 11.8 Å². The van der Waals surface area contributed by atoms with E-state index in [1.807, 2.05) is 6.92 Å². The SMILES string of the molecule is CO[C@H]1/C=C\C=C(/C)C(=O)NC2=CC(=O)C(NCCCNC(=O)CCCN3C(=O)CC(SC[C@H](N)C(=O)O)C3=O)=C(C[C@@H](C)C[C@H](OC)[C@H](O)[C@@H](C)/C=C(\C)[C@@H]1OC(N)=O)C2=O. The lowest BCUT2D eigenvalue weighted by atomic mass is 9.85. The Morgan fingerprint density at radius 1 is 1.05 bits per heavy atom. The van der Waals surface area contributed by atoms with E-state index >= 15 is 0 Å². The zero-order valence-corrected chi connectivity index (χ0v) is 36.8. The standard InChI is InChI=1S/C42H60N6O13S/c1-22-16-26-35(46-14-9-13-45-33(50)12-8-15-48-34(51)20-32(40(48)55)62-21-27(43)41(56)57)29(49)19-28(37(26)53)47-39(54)23(2)10-7-11-30(59-5)38(61-42(44)58)25(4)18-24(3)36(52)31(17-22)60-6/h7,10-11,18-19,22,24,27,30-32,36,38,46,52H,8-9,12-17,20-21,43H2,1-6H3,(H2,44,58)(H,45,50)(H,47,54)(H,56,57)/b11-7-,23-10+,25-18+/t22-,24+,27+,30+,31+,32?,36-,38+/m1/s1. The number of Topliss-reactive ketones (excluding diaryl/α,β-unsaturated/α-hetero) is 1. The highest BCUT2D eigenvalue weighted by Gasteiger charge is 2.39. The van der Waals surface area contributed by atoms with E-state index < -0.39 is 83.0 Å². The molecule has 9 N–H and O–H groups in total. The van der Waals surface area contributed by atoms with E-state index in [4.69, 9.17) is 30.8 Å². The number of nitrogens with one attached hydrogen (secondary N) is 3. The Balaban J connectivity index is 1.71. The van der Waals surface area contributed by atoms with Crippen molar-refractivity contribution in [1.82, 2.24) is 20.9 Å². The molecule has 3 rings (SSSR count). The number of carbonyl (C=O) groups excluding carboxylic acids is 7. The van der Waals surface area contributed by atoms with Crippen molar-refractivity contribution >= 4 is 59.0 Å². The van der Waals surface area contributed by atoms with Crippen LogP contribution in [0.5, 0.6) is 0 Å². The highest BCUT2D eigenvalue weighted by molar-refractivity contribution is 8.00. The van der Waals surface area contributed by atoms with E-state index in [2.05, 4.69) is 16.0 Å². The van der Waals surface area contributed by atoms with Crippen LogP contribution in [0.25, 0.3) is 0 Å². The van der Waals surface area contributed by atoms with Crippen LogP contribution in [0.15, 0.2) is 58.5 Å². The average molecular weight is 889 g/mol. The molecular formula is C42H60N6O13S. The molecule has 0 aromatic heterocycles. The molecule has 62 heavy (non-hydrogen) atoms. The van der Waals surface area contributed by atoms with Gasteiger partial charge in [0.1, 0.15) is 12.1 Å². The lowest BCUT2D eigenvalue weighted by Gasteiger charge is -2.30. The maximum Gasteiger partial charge on any atom is 0.405 e. The second-order valence-corrected chi connectivity index (χ2v) is 16.8. The van der Waals surface area contributed by atoms with E-state index in [9.17, 15) is 43.5 Å². The van der Waals surface area contributed by atoms with Crippen molar-refractivity contribution in [2.75, 3.05) is 39.6 Å². The van der Waals surface area contributed by atoms with Gasteiger partial charge in [-0.05, 0) is 51.0 Å². The fourth-order valence-corrected chi connectivity index (χ4v) is 8.22. The highest BCUT2D eigenvalue weighted by Crippen LogP contribution is 2.29. The first kappa shape index (κ1) is 51.2. The molecular weight excluding hydrogens is 829 g/mol. The maximum absolute atomic E-state index is 14.0. The monoisotopic (exact) mass is 888 g/mol. The number of carboxylic acid groups (broad SMARTS) is 1. The van der Waals surface area contributed by atoms with Gasteiger partial charge in [-0.2, -0.15) is 0 Å². The Kier molecular flexibility index (Phi) is 20.2. The molecule has 1 unspecified atom stereocenters. The summed E-state index contributed by atoms with van der Waals surface area (Å²) >= 11 is 1.02. The summed E-state index contributed by atoms with van der Waals surface area (Å²) in [7, 11) is 2.85. The van der Waals surface area contributed by atoms with Crippen LogP contribution in [0.1, 0.15) is 66.2 Å². The number of amides is 5. The zero-order valence-electron chi connectivity index (χ0n) is 36.0. The van der Waals surface area contributed by atoms with Crippen molar-refractivity contribution in [3.63, 3.8) is 0 Å². The number of aliphatic carboxylic acids is 1. The quantitative estimate of drug-likeness (QED) is 0.0491. The third-order valence-electron chi connectivity index (χ3n) is 10.6. The molecule has 1 saturated heterocycles. The number of ketones is 2. The topological polar surface area (TPSA) is 296 Å². The van der Waals surface area contributed by atoms with Crippen molar-refractivity contribution in [3.8, 4) is 0 Å². The molecule has 0 aromatic rings. The minimum atomic E-state index is -1.20. The number of ether oxygens (including phenoxy) is 3. The predicted molar refractivity (Wildman–Crippen MR) is 228 cm³/mol. The summed E-state index contributed by atoms with van der Waals surface area (Å²) in [6.07, 6.45) is 3.55. The number of nitrogens with two attached hydrogens (primary N) is 2. The van der Waals surface area contributed by atoms with Crippen molar-refractivity contribution in [2.45, 2.75) is 102 Å². The van der Waals surface area contributed by atoms with Crippen molar-refractivity contribution in [2.24, 2.45) is 23.3 Å². The minimum absolute atomic E-state index is 0.0213. The molecule has 2 bridgehead atoms. The zero-order chi connectivity index (χ0) is 46.3. The van der Waals surface area contributed by atoms with Crippen LogP contribution in [0.4, 0.5) is 4.79 Å². The first-order chi connectivity index (χ1) is 29.3. The molecule has 19 nitrogen and oxygen atoms in total. The fraction of sp³-hybridized carbons (Fsp3) is 0.571. The molecule has 20 heteroatoms. The maximum atomic E-state index is 14.0. The number of hydrogen-bond donors (Lipinski definition) is 7. The minimum Gasteiger partial charge on any atom is -0.480 e. The number of nitrogens with zero attached hydrogens (tertiary/aromatic N) is 1.